The van der Waals surface area contributed by atoms with Gasteiger partial charge in [0, 0.05) is 20.1 Å². The van der Waals surface area contributed by atoms with E-state index in [-0.39, 0.29) is 0 Å². The fourth-order valence-corrected chi connectivity index (χ4v) is 3.47. The zero-order chi connectivity index (χ0) is 22.1. The topological polar surface area (TPSA) is 72.7 Å². The smallest absolute Gasteiger partial charge is 0.191 e. The average Bonchev–Trinajstić information content (AvgIpc) is 3.11. The number of hydrogen-bond donors (Lipinski definition) is 2. The Bertz CT molecular complexity index is 1010. The van der Waals surface area contributed by atoms with E-state index in [1.54, 1.807) is 7.11 Å². The van der Waals surface area contributed by atoms with E-state index < -0.39 is 0 Å². The molecule has 0 saturated heterocycles. The van der Waals surface area contributed by atoms with E-state index in [1.807, 2.05) is 38.2 Å². The molecule has 166 valence electrons. The first-order valence-corrected chi connectivity index (χ1v) is 10.9. The van der Waals surface area contributed by atoms with Gasteiger partial charge in [-0.05, 0) is 56.5 Å². The Morgan fingerprint density at radius 3 is 2.68 bits per heavy atom. The number of fused-ring (bicyclic) bond motifs is 1. The number of para-hydroxylation sites is 2. The second-order valence-corrected chi connectivity index (χ2v) is 7.22. The lowest BCUT2D eigenvalue weighted by atomic mass is 10.1. The highest BCUT2D eigenvalue weighted by Gasteiger charge is 2.08. The first kappa shape index (κ1) is 22.5. The molecule has 7 nitrogen and oxygen atoms in total. The van der Waals surface area contributed by atoms with Crippen LogP contribution in [0.5, 0.6) is 11.5 Å². The Labute approximate surface area is 184 Å². The molecular formula is C24H33N5O2. The van der Waals surface area contributed by atoms with Crippen LogP contribution in [0, 0.1) is 0 Å². The van der Waals surface area contributed by atoms with Gasteiger partial charge in [-0.2, -0.15) is 0 Å². The molecule has 1 aromatic heterocycles. The first-order valence-electron chi connectivity index (χ1n) is 10.9. The van der Waals surface area contributed by atoms with Crippen LogP contribution < -0.4 is 20.1 Å². The Morgan fingerprint density at radius 2 is 1.94 bits per heavy atom. The highest BCUT2D eigenvalue weighted by Crippen LogP contribution is 2.28. The maximum atomic E-state index is 5.67. The summed E-state index contributed by atoms with van der Waals surface area (Å²) in [6.45, 7) is 6.82. The van der Waals surface area contributed by atoms with Gasteiger partial charge in [-0.3, -0.25) is 0 Å². The molecule has 3 aromatic rings. The minimum Gasteiger partial charge on any atom is -0.493 e. The molecular weight excluding hydrogens is 390 g/mol. The maximum absolute atomic E-state index is 5.67. The molecule has 0 bridgehead atoms. The minimum atomic E-state index is 0.525. The number of imidazole rings is 1. The van der Waals surface area contributed by atoms with Crippen molar-refractivity contribution in [1.29, 1.82) is 0 Å². The highest BCUT2D eigenvalue weighted by atomic mass is 16.5. The third-order valence-corrected chi connectivity index (χ3v) is 5.07. The molecule has 0 aliphatic heterocycles. The van der Waals surface area contributed by atoms with E-state index in [9.17, 15) is 0 Å². The number of methoxy groups -OCH3 is 1. The normalized spacial score (nSPS) is 11.5. The van der Waals surface area contributed by atoms with Crippen LogP contribution in [0.2, 0.25) is 0 Å². The summed E-state index contributed by atoms with van der Waals surface area (Å²) in [7, 11) is 3.70. The van der Waals surface area contributed by atoms with Gasteiger partial charge in [-0.15, -0.1) is 0 Å². The van der Waals surface area contributed by atoms with Gasteiger partial charge in [0.1, 0.15) is 12.4 Å². The summed E-state index contributed by atoms with van der Waals surface area (Å²) in [6, 6.07) is 14.3. The van der Waals surface area contributed by atoms with E-state index in [2.05, 4.69) is 40.3 Å². The Kier molecular flexibility index (Phi) is 8.15. The van der Waals surface area contributed by atoms with Crippen LogP contribution in [-0.2, 0) is 20.0 Å². The van der Waals surface area contributed by atoms with Crippen molar-refractivity contribution in [3.05, 3.63) is 53.9 Å². The minimum absolute atomic E-state index is 0.525. The molecule has 0 amide bonds. The predicted molar refractivity (Wildman–Crippen MR) is 126 cm³/mol. The number of aryl methyl sites for hydroxylation is 2. The van der Waals surface area contributed by atoms with Crippen molar-refractivity contribution in [3.8, 4) is 11.5 Å². The average molecular weight is 424 g/mol. The number of aliphatic imine (C=N–C) groups is 1. The molecule has 0 fully saturated rings. The Balaban J connectivity index is 1.55. The SMILES string of the molecule is CCNC(=NCc1nc2ccccc2n1C)NCCCc1ccc(OC)c(OCC)c1. The van der Waals surface area contributed by atoms with Crippen LogP contribution in [-0.4, -0.2) is 42.3 Å². The predicted octanol–water partition coefficient (Wildman–Crippen LogP) is 3.67. The van der Waals surface area contributed by atoms with Crippen molar-refractivity contribution in [2.75, 3.05) is 26.8 Å². The van der Waals surface area contributed by atoms with Gasteiger partial charge in [-0.25, -0.2) is 9.98 Å². The monoisotopic (exact) mass is 423 g/mol. The fraction of sp³-hybridized carbons (Fsp3) is 0.417. The van der Waals surface area contributed by atoms with E-state index >= 15 is 0 Å². The van der Waals surface area contributed by atoms with Crippen LogP contribution in [0.4, 0.5) is 0 Å². The van der Waals surface area contributed by atoms with Gasteiger partial charge < -0.3 is 24.7 Å². The summed E-state index contributed by atoms with van der Waals surface area (Å²) in [5.41, 5.74) is 3.35. The molecule has 0 unspecified atom stereocenters. The van der Waals surface area contributed by atoms with Crippen molar-refractivity contribution < 1.29 is 9.47 Å². The summed E-state index contributed by atoms with van der Waals surface area (Å²) in [6.07, 6.45) is 1.93. The van der Waals surface area contributed by atoms with Crippen LogP contribution in [0.15, 0.2) is 47.5 Å². The summed E-state index contributed by atoms with van der Waals surface area (Å²) in [4.78, 5) is 9.42. The molecule has 0 aliphatic carbocycles. The zero-order valence-electron chi connectivity index (χ0n) is 18.9. The van der Waals surface area contributed by atoms with Crippen LogP contribution in [0.1, 0.15) is 31.7 Å². The number of hydrogen-bond acceptors (Lipinski definition) is 4. The number of benzene rings is 2. The number of ether oxygens (including phenoxy) is 2. The standard InChI is InChI=1S/C24H33N5O2/c1-5-25-24(27-17-23-28-19-11-7-8-12-20(19)29(23)3)26-15-9-10-18-13-14-21(30-4)22(16-18)31-6-2/h7-8,11-14,16H,5-6,9-10,15,17H2,1-4H3,(H2,25,26,27). The van der Waals surface area contributed by atoms with Gasteiger partial charge in [0.05, 0.1) is 24.8 Å². The first-order chi connectivity index (χ1) is 15.2. The molecule has 0 spiro atoms. The molecule has 7 heteroatoms. The molecule has 0 atom stereocenters. The lowest BCUT2D eigenvalue weighted by Crippen LogP contribution is -2.37. The van der Waals surface area contributed by atoms with Gasteiger partial charge >= 0.3 is 0 Å². The number of nitrogens with one attached hydrogen (secondary N) is 2. The van der Waals surface area contributed by atoms with Crippen LogP contribution >= 0.6 is 0 Å². The lowest BCUT2D eigenvalue weighted by molar-refractivity contribution is 0.310. The number of guanidine groups is 1. The molecule has 0 radical (unpaired) electrons. The number of rotatable bonds is 10. The summed E-state index contributed by atoms with van der Waals surface area (Å²) in [5.74, 6) is 3.32. The molecule has 31 heavy (non-hydrogen) atoms. The zero-order valence-corrected chi connectivity index (χ0v) is 18.9. The van der Waals surface area contributed by atoms with Gasteiger partial charge in [-0.1, -0.05) is 18.2 Å². The molecule has 0 saturated carbocycles. The molecule has 1 heterocycles. The quantitative estimate of drug-likeness (QED) is 0.296. The number of nitrogens with zero attached hydrogens (tertiary/aromatic N) is 3. The van der Waals surface area contributed by atoms with Crippen molar-refractivity contribution in [1.82, 2.24) is 20.2 Å². The van der Waals surface area contributed by atoms with Crippen molar-refractivity contribution in [3.63, 3.8) is 0 Å². The second kappa shape index (κ2) is 11.2. The van der Waals surface area contributed by atoms with Crippen LogP contribution in [0.3, 0.4) is 0 Å². The summed E-state index contributed by atoms with van der Waals surface area (Å²) >= 11 is 0. The Hall–Kier alpha value is -3.22. The summed E-state index contributed by atoms with van der Waals surface area (Å²) in [5, 5.41) is 6.73. The second-order valence-electron chi connectivity index (χ2n) is 7.22. The Morgan fingerprint density at radius 1 is 1.10 bits per heavy atom. The lowest BCUT2D eigenvalue weighted by Gasteiger charge is -2.13. The van der Waals surface area contributed by atoms with Gasteiger partial charge in [0.25, 0.3) is 0 Å². The summed E-state index contributed by atoms with van der Waals surface area (Å²) < 4.78 is 13.1. The molecule has 0 aliphatic rings. The van der Waals surface area contributed by atoms with Crippen molar-refractivity contribution >= 4 is 17.0 Å². The highest BCUT2D eigenvalue weighted by molar-refractivity contribution is 5.80. The van der Waals surface area contributed by atoms with Gasteiger partial charge in [0.15, 0.2) is 17.5 Å². The van der Waals surface area contributed by atoms with Crippen LogP contribution in [0.25, 0.3) is 11.0 Å². The molecule has 2 aromatic carbocycles. The third-order valence-electron chi connectivity index (χ3n) is 5.07. The molecule has 3 rings (SSSR count). The van der Waals surface area contributed by atoms with E-state index in [4.69, 9.17) is 19.5 Å². The fourth-order valence-electron chi connectivity index (χ4n) is 3.47. The number of aromatic nitrogens is 2. The largest absolute Gasteiger partial charge is 0.493 e. The van der Waals surface area contributed by atoms with Crippen molar-refractivity contribution in [2.24, 2.45) is 12.0 Å². The van der Waals surface area contributed by atoms with Gasteiger partial charge in [0.2, 0.25) is 0 Å². The maximum Gasteiger partial charge on any atom is 0.191 e. The van der Waals surface area contributed by atoms with E-state index in [1.165, 1.54) is 5.56 Å². The van der Waals surface area contributed by atoms with Crippen molar-refractivity contribution in [2.45, 2.75) is 33.2 Å². The third kappa shape index (κ3) is 5.90. The van der Waals surface area contributed by atoms with E-state index in [0.29, 0.717) is 13.2 Å². The van der Waals surface area contributed by atoms with E-state index in [0.717, 1.165) is 60.2 Å². The molecule has 2 N–H and O–H groups in total.